The third-order valence-electron chi connectivity index (χ3n) is 3.58. The summed E-state index contributed by atoms with van der Waals surface area (Å²) in [5.74, 6) is -0.406. The number of cyclic esters (lactones) is 1. The van der Waals surface area contributed by atoms with Crippen LogP contribution in [0, 0.1) is 0 Å². The summed E-state index contributed by atoms with van der Waals surface area (Å²) in [6.45, 7) is 0.170. The Hall–Kier alpha value is -2.59. The number of imide groups is 1. The molecule has 0 radical (unpaired) electrons. The van der Waals surface area contributed by atoms with Crippen molar-refractivity contribution in [3.8, 4) is 0 Å². The van der Waals surface area contributed by atoms with Crippen LogP contribution in [0.15, 0.2) is 60.7 Å². The molecule has 2 aromatic carbocycles. The second-order valence-electron chi connectivity index (χ2n) is 5.10. The molecule has 1 aliphatic heterocycles. The highest BCUT2D eigenvalue weighted by Crippen LogP contribution is 2.28. The zero-order chi connectivity index (χ0) is 16.2. The van der Waals surface area contributed by atoms with E-state index in [1.807, 2.05) is 30.3 Å². The van der Waals surface area contributed by atoms with Crippen molar-refractivity contribution in [2.45, 2.75) is 6.04 Å². The van der Waals surface area contributed by atoms with E-state index in [1.54, 1.807) is 30.3 Å². The van der Waals surface area contributed by atoms with E-state index in [1.165, 1.54) is 6.08 Å². The maximum absolute atomic E-state index is 12.4. The van der Waals surface area contributed by atoms with Crippen LogP contribution in [-0.4, -0.2) is 23.5 Å². The topological polar surface area (TPSA) is 46.6 Å². The number of carbonyl (C=O) groups excluding carboxylic acids is 2. The van der Waals surface area contributed by atoms with E-state index in [2.05, 4.69) is 0 Å². The Bertz CT molecular complexity index is 741. The Morgan fingerprint density at radius 1 is 1.13 bits per heavy atom. The lowest BCUT2D eigenvalue weighted by Crippen LogP contribution is -2.32. The zero-order valence-corrected chi connectivity index (χ0v) is 12.9. The summed E-state index contributed by atoms with van der Waals surface area (Å²) in [6.07, 6.45) is 2.39. The minimum atomic E-state index is -0.621. The number of ether oxygens (including phenoxy) is 1. The SMILES string of the molecule is O=C(/C=C/c1ccc(Cl)cc1)N1C(=O)OC[C@@H]1c1ccccc1. The van der Waals surface area contributed by atoms with Crippen LogP contribution in [-0.2, 0) is 9.53 Å². The van der Waals surface area contributed by atoms with E-state index < -0.39 is 18.0 Å². The van der Waals surface area contributed by atoms with Gasteiger partial charge >= 0.3 is 6.09 Å². The van der Waals surface area contributed by atoms with Gasteiger partial charge in [-0.2, -0.15) is 0 Å². The average molecular weight is 328 g/mol. The summed E-state index contributed by atoms with van der Waals surface area (Å²) in [5, 5.41) is 0.626. The minimum absolute atomic E-state index is 0.170. The molecule has 0 unspecified atom stereocenters. The average Bonchev–Trinajstić information content (AvgIpc) is 2.96. The van der Waals surface area contributed by atoms with Crippen molar-refractivity contribution in [1.82, 2.24) is 4.90 Å². The standard InChI is InChI=1S/C18H14ClNO3/c19-15-9-6-13(7-10-15)8-11-17(21)20-16(12-23-18(20)22)14-4-2-1-3-5-14/h1-11,16H,12H2/b11-8+/t16-/m1/s1. The molecular weight excluding hydrogens is 314 g/mol. The van der Waals surface area contributed by atoms with Crippen molar-refractivity contribution < 1.29 is 14.3 Å². The van der Waals surface area contributed by atoms with Crippen molar-refractivity contribution in [2.24, 2.45) is 0 Å². The number of benzene rings is 2. The maximum Gasteiger partial charge on any atom is 0.417 e. The first-order chi connectivity index (χ1) is 11.1. The van der Waals surface area contributed by atoms with Crippen molar-refractivity contribution >= 4 is 29.7 Å². The molecule has 0 saturated carbocycles. The number of amides is 2. The molecule has 0 N–H and O–H groups in total. The molecule has 1 aliphatic rings. The van der Waals surface area contributed by atoms with Gasteiger partial charge in [0, 0.05) is 11.1 Å². The number of nitrogens with zero attached hydrogens (tertiary/aromatic N) is 1. The number of rotatable bonds is 3. The van der Waals surface area contributed by atoms with Crippen LogP contribution in [0.4, 0.5) is 4.79 Å². The molecule has 1 atom stereocenters. The van der Waals surface area contributed by atoms with Crippen molar-refractivity contribution in [2.75, 3.05) is 6.61 Å². The van der Waals surface area contributed by atoms with Gasteiger partial charge in [-0.1, -0.05) is 54.1 Å². The highest BCUT2D eigenvalue weighted by atomic mass is 35.5. The zero-order valence-electron chi connectivity index (χ0n) is 12.2. The smallest absolute Gasteiger partial charge is 0.417 e. The van der Waals surface area contributed by atoms with E-state index in [4.69, 9.17) is 16.3 Å². The summed E-state index contributed by atoms with van der Waals surface area (Å²) in [7, 11) is 0. The van der Waals surface area contributed by atoms with E-state index in [0.717, 1.165) is 16.0 Å². The molecule has 2 amide bonds. The monoisotopic (exact) mass is 327 g/mol. The number of carbonyl (C=O) groups is 2. The van der Waals surface area contributed by atoms with Gasteiger partial charge in [0.15, 0.2) is 0 Å². The molecule has 5 heteroatoms. The lowest BCUT2D eigenvalue weighted by molar-refractivity contribution is -0.124. The summed E-state index contributed by atoms with van der Waals surface area (Å²) in [5.41, 5.74) is 1.69. The maximum atomic E-state index is 12.4. The van der Waals surface area contributed by atoms with Crippen LogP contribution in [0.1, 0.15) is 17.2 Å². The molecule has 0 bridgehead atoms. The Morgan fingerprint density at radius 2 is 1.83 bits per heavy atom. The first-order valence-corrected chi connectivity index (χ1v) is 7.51. The van der Waals surface area contributed by atoms with Crippen LogP contribution in [0.5, 0.6) is 0 Å². The summed E-state index contributed by atoms with van der Waals surface area (Å²) in [6, 6.07) is 16.0. The molecule has 1 fully saturated rings. The highest BCUT2D eigenvalue weighted by molar-refractivity contribution is 6.30. The van der Waals surface area contributed by atoms with Gasteiger partial charge in [0.2, 0.25) is 0 Å². The molecular formula is C18H14ClNO3. The first kappa shape index (κ1) is 15.3. The van der Waals surface area contributed by atoms with Gasteiger partial charge in [-0.3, -0.25) is 4.79 Å². The lowest BCUT2D eigenvalue weighted by Gasteiger charge is -2.18. The van der Waals surface area contributed by atoms with Gasteiger partial charge in [-0.15, -0.1) is 0 Å². The molecule has 2 aromatic rings. The fraction of sp³-hybridized carbons (Fsp3) is 0.111. The molecule has 0 spiro atoms. The Morgan fingerprint density at radius 3 is 2.52 bits per heavy atom. The van der Waals surface area contributed by atoms with E-state index in [-0.39, 0.29) is 6.61 Å². The molecule has 1 heterocycles. The quantitative estimate of drug-likeness (QED) is 0.798. The summed E-state index contributed by atoms with van der Waals surface area (Å²) >= 11 is 5.82. The van der Waals surface area contributed by atoms with Crippen LogP contribution in [0.25, 0.3) is 6.08 Å². The summed E-state index contributed by atoms with van der Waals surface area (Å²) < 4.78 is 5.04. The lowest BCUT2D eigenvalue weighted by atomic mass is 10.1. The molecule has 4 nitrogen and oxygen atoms in total. The molecule has 116 valence electrons. The molecule has 23 heavy (non-hydrogen) atoms. The van der Waals surface area contributed by atoms with Crippen LogP contribution in [0.3, 0.4) is 0 Å². The molecule has 0 aliphatic carbocycles. The number of halogens is 1. The number of hydrogen-bond donors (Lipinski definition) is 0. The van der Waals surface area contributed by atoms with Crippen molar-refractivity contribution in [1.29, 1.82) is 0 Å². The van der Waals surface area contributed by atoms with Gasteiger partial charge in [0.25, 0.3) is 5.91 Å². The molecule has 1 saturated heterocycles. The fourth-order valence-corrected chi connectivity index (χ4v) is 2.53. The van der Waals surface area contributed by atoms with Gasteiger partial charge in [0.1, 0.15) is 12.6 Å². The highest BCUT2D eigenvalue weighted by Gasteiger charge is 2.37. The van der Waals surface area contributed by atoms with E-state index in [9.17, 15) is 9.59 Å². The van der Waals surface area contributed by atoms with Crippen LogP contribution >= 0.6 is 11.6 Å². The minimum Gasteiger partial charge on any atom is -0.446 e. The van der Waals surface area contributed by atoms with Gasteiger partial charge < -0.3 is 4.74 Å². The van der Waals surface area contributed by atoms with Crippen LogP contribution < -0.4 is 0 Å². The van der Waals surface area contributed by atoms with Gasteiger partial charge in [-0.05, 0) is 29.3 Å². The fourth-order valence-electron chi connectivity index (χ4n) is 2.41. The van der Waals surface area contributed by atoms with E-state index >= 15 is 0 Å². The van der Waals surface area contributed by atoms with Crippen LogP contribution in [0.2, 0.25) is 5.02 Å². The van der Waals surface area contributed by atoms with Crippen molar-refractivity contribution in [3.05, 3.63) is 76.8 Å². The molecule has 0 aromatic heterocycles. The Balaban J connectivity index is 1.79. The Labute approximate surface area is 138 Å². The van der Waals surface area contributed by atoms with E-state index in [0.29, 0.717) is 5.02 Å². The van der Waals surface area contributed by atoms with Gasteiger partial charge in [0.05, 0.1) is 0 Å². The second kappa shape index (κ2) is 6.67. The Kier molecular flexibility index (Phi) is 4.44. The van der Waals surface area contributed by atoms with Gasteiger partial charge in [-0.25, -0.2) is 9.69 Å². The predicted octanol–water partition coefficient (Wildman–Crippen LogP) is 4.07. The first-order valence-electron chi connectivity index (χ1n) is 7.14. The largest absolute Gasteiger partial charge is 0.446 e. The number of hydrogen-bond acceptors (Lipinski definition) is 3. The third-order valence-corrected chi connectivity index (χ3v) is 3.84. The summed E-state index contributed by atoms with van der Waals surface area (Å²) in [4.78, 5) is 25.4. The van der Waals surface area contributed by atoms with Crippen molar-refractivity contribution in [3.63, 3.8) is 0 Å². The predicted molar refractivity (Wildman–Crippen MR) is 87.9 cm³/mol. The normalized spacial score (nSPS) is 17.5. The third kappa shape index (κ3) is 3.43. The molecule has 3 rings (SSSR count). The second-order valence-corrected chi connectivity index (χ2v) is 5.53.